The number of rotatable bonds is 5. The summed E-state index contributed by atoms with van der Waals surface area (Å²) in [6.45, 7) is 1.71. The summed E-state index contributed by atoms with van der Waals surface area (Å²) in [6.07, 6.45) is 1.45. The third-order valence-electron chi connectivity index (χ3n) is 4.90. The lowest BCUT2D eigenvalue weighted by molar-refractivity contribution is -0.131. The number of carbonyl (C=O) groups excluding carboxylic acids is 2. The first kappa shape index (κ1) is 19.2. The number of amides is 3. The fraction of sp³-hybridized carbons (Fsp3) is 0.190. The van der Waals surface area contributed by atoms with Crippen LogP contribution in [0.2, 0.25) is 0 Å². The van der Waals surface area contributed by atoms with Crippen LogP contribution in [0.15, 0.2) is 63.7 Å². The first-order chi connectivity index (χ1) is 13.9. The minimum atomic E-state index is -1.15. The van der Waals surface area contributed by atoms with Crippen molar-refractivity contribution in [2.24, 2.45) is 0 Å². The van der Waals surface area contributed by atoms with Crippen LogP contribution in [0.3, 0.4) is 0 Å². The van der Waals surface area contributed by atoms with E-state index in [0.29, 0.717) is 17.1 Å². The molecule has 1 aliphatic rings. The minimum Gasteiger partial charge on any atom is -0.497 e. The first-order valence-corrected chi connectivity index (χ1v) is 9.69. The van der Waals surface area contributed by atoms with Crippen molar-refractivity contribution in [1.29, 1.82) is 0 Å². The Kier molecular flexibility index (Phi) is 4.87. The number of urea groups is 1. The van der Waals surface area contributed by atoms with Crippen LogP contribution < -0.4 is 10.1 Å². The van der Waals surface area contributed by atoms with Crippen molar-refractivity contribution in [1.82, 2.24) is 15.2 Å². The van der Waals surface area contributed by atoms with Crippen molar-refractivity contribution in [3.8, 4) is 17.2 Å². The molecule has 1 saturated heterocycles. The standard InChI is InChI=1S/C21H18BrN3O4/c1-21(16-5-3-4-6-17(16)22)19(26)25(20(27)24-21)11-14-12-29-18(23-14)13-7-9-15(28-2)10-8-13/h3-10,12H,11H2,1-2H3,(H,24,27). The molecule has 1 aliphatic heterocycles. The SMILES string of the molecule is COc1ccc(-c2nc(CN3C(=O)NC(C)(c4ccccc4Br)C3=O)co2)cc1. The van der Waals surface area contributed by atoms with Crippen LogP contribution in [-0.4, -0.2) is 28.9 Å². The van der Waals surface area contributed by atoms with Gasteiger partial charge in [-0.1, -0.05) is 34.1 Å². The number of hydrogen-bond acceptors (Lipinski definition) is 5. The fourth-order valence-electron chi connectivity index (χ4n) is 3.30. The number of ether oxygens (including phenoxy) is 1. The second-order valence-electron chi connectivity index (χ2n) is 6.80. The number of hydrogen-bond donors (Lipinski definition) is 1. The zero-order valence-electron chi connectivity index (χ0n) is 15.8. The topological polar surface area (TPSA) is 84.7 Å². The Bertz CT molecular complexity index is 1080. The molecule has 1 fully saturated rings. The normalized spacial score (nSPS) is 18.8. The van der Waals surface area contributed by atoms with E-state index in [2.05, 4.69) is 26.2 Å². The average Bonchev–Trinajstić information content (AvgIpc) is 3.28. The predicted octanol–water partition coefficient (Wildman–Crippen LogP) is 4.08. The lowest BCUT2D eigenvalue weighted by Crippen LogP contribution is -2.41. The molecule has 4 rings (SSSR count). The number of imide groups is 1. The number of methoxy groups -OCH3 is 1. The molecule has 1 N–H and O–H groups in total. The Labute approximate surface area is 175 Å². The highest BCUT2D eigenvalue weighted by molar-refractivity contribution is 9.10. The van der Waals surface area contributed by atoms with E-state index in [9.17, 15) is 9.59 Å². The van der Waals surface area contributed by atoms with Crippen molar-refractivity contribution in [2.75, 3.05) is 7.11 Å². The Morgan fingerprint density at radius 2 is 1.90 bits per heavy atom. The lowest BCUT2D eigenvalue weighted by atomic mass is 9.92. The van der Waals surface area contributed by atoms with Crippen molar-refractivity contribution in [3.05, 3.63) is 70.5 Å². The van der Waals surface area contributed by atoms with Gasteiger partial charge in [-0.2, -0.15) is 0 Å². The number of aromatic nitrogens is 1. The molecule has 7 nitrogen and oxygen atoms in total. The molecule has 0 bridgehead atoms. The summed E-state index contributed by atoms with van der Waals surface area (Å²) in [5.41, 5.74) is 0.794. The Morgan fingerprint density at radius 1 is 1.17 bits per heavy atom. The van der Waals surface area contributed by atoms with E-state index in [4.69, 9.17) is 9.15 Å². The number of halogens is 1. The molecule has 1 unspecified atom stereocenters. The van der Waals surface area contributed by atoms with Gasteiger partial charge in [0.1, 0.15) is 17.6 Å². The maximum atomic E-state index is 13.1. The smallest absolute Gasteiger partial charge is 0.325 e. The zero-order valence-corrected chi connectivity index (χ0v) is 17.4. The van der Waals surface area contributed by atoms with E-state index in [1.807, 2.05) is 36.4 Å². The van der Waals surface area contributed by atoms with Gasteiger partial charge in [0.25, 0.3) is 5.91 Å². The molecule has 29 heavy (non-hydrogen) atoms. The van der Waals surface area contributed by atoms with Crippen molar-refractivity contribution >= 4 is 27.9 Å². The second kappa shape index (κ2) is 7.36. The van der Waals surface area contributed by atoms with Crippen LogP contribution in [0.25, 0.3) is 11.5 Å². The van der Waals surface area contributed by atoms with E-state index in [0.717, 1.165) is 20.7 Å². The summed E-state index contributed by atoms with van der Waals surface area (Å²) in [5.74, 6) is 0.790. The zero-order chi connectivity index (χ0) is 20.6. The highest BCUT2D eigenvalue weighted by Crippen LogP contribution is 2.34. The monoisotopic (exact) mass is 455 g/mol. The predicted molar refractivity (Wildman–Crippen MR) is 109 cm³/mol. The van der Waals surface area contributed by atoms with E-state index in [1.54, 1.807) is 26.2 Å². The number of nitrogens with one attached hydrogen (secondary N) is 1. The molecule has 2 aromatic carbocycles. The average molecular weight is 456 g/mol. The summed E-state index contributed by atoms with van der Waals surface area (Å²) in [6, 6.07) is 14.1. The minimum absolute atomic E-state index is 0.0182. The van der Waals surface area contributed by atoms with Crippen LogP contribution in [0.1, 0.15) is 18.2 Å². The summed E-state index contributed by atoms with van der Waals surface area (Å²) < 4.78 is 11.4. The molecule has 148 valence electrons. The molecule has 0 spiro atoms. The van der Waals surface area contributed by atoms with E-state index in [1.165, 1.54) is 6.26 Å². The van der Waals surface area contributed by atoms with Gasteiger partial charge in [0.15, 0.2) is 0 Å². The highest BCUT2D eigenvalue weighted by atomic mass is 79.9. The number of carbonyl (C=O) groups is 2. The van der Waals surface area contributed by atoms with Crippen LogP contribution >= 0.6 is 15.9 Å². The van der Waals surface area contributed by atoms with Gasteiger partial charge < -0.3 is 14.5 Å². The molecule has 3 amide bonds. The Balaban J connectivity index is 1.56. The van der Waals surface area contributed by atoms with Crippen LogP contribution in [0.4, 0.5) is 4.79 Å². The molecule has 3 aromatic rings. The number of nitrogens with zero attached hydrogens (tertiary/aromatic N) is 2. The van der Waals surface area contributed by atoms with Crippen molar-refractivity contribution in [3.63, 3.8) is 0 Å². The van der Waals surface area contributed by atoms with Gasteiger partial charge in [-0.25, -0.2) is 9.78 Å². The van der Waals surface area contributed by atoms with Gasteiger partial charge in [0, 0.05) is 15.6 Å². The molecular formula is C21H18BrN3O4. The van der Waals surface area contributed by atoms with Crippen LogP contribution in [-0.2, 0) is 16.9 Å². The molecule has 8 heteroatoms. The van der Waals surface area contributed by atoms with Gasteiger partial charge >= 0.3 is 6.03 Å². The van der Waals surface area contributed by atoms with Gasteiger partial charge in [-0.05, 0) is 37.3 Å². The fourth-order valence-corrected chi connectivity index (χ4v) is 3.98. The van der Waals surface area contributed by atoms with E-state index < -0.39 is 11.6 Å². The van der Waals surface area contributed by atoms with Gasteiger partial charge in [-0.3, -0.25) is 9.69 Å². The van der Waals surface area contributed by atoms with Crippen LogP contribution in [0, 0.1) is 0 Å². The molecule has 1 aromatic heterocycles. The maximum Gasteiger partial charge on any atom is 0.325 e. The van der Waals surface area contributed by atoms with E-state index in [-0.39, 0.29) is 12.5 Å². The molecular weight excluding hydrogens is 438 g/mol. The highest BCUT2D eigenvalue weighted by Gasteiger charge is 2.49. The largest absolute Gasteiger partial charge is 0.497 e. The van der Waals surface area contributed by atoms with Gasteiger partial charge in [-0.15, -0.1) is 0 Å². The first-order valence-electron chi connectivity index (χ1n) is 8.90. The third kappa shape index (κ3) is 3.40. The molecule has 0 aliphatic carbocycles. The molecule has 1 atom stereocenters. The molecule has 0 saturated carbocycles. The number of benzene rings is 2. The molecule has 0 radical (unpaired) electrons. The Morgan fingerprint density at radius 3 is 2.59 bits per heavy atom. The molecule has 2 heterocycles. The van der Waals surface area contributed by atoms with Crippen LogP contribution in [0.5, 0.6) is 5.75 Å². The third-order valence-corrected chi connectivity index (χ3v) is 5.59. The van der Waals surface area contributed by atoms with E-state index >= 15 is 0 Å². The quantitative estimate of drug-likeness (QED) is 0.585. The summed E-state index contributed by atoms with van der Waals surface area (Å²) in [4.78, 5) is 31.2. The van der Waals surface area contributed by atoms with Gasteiger partial charge in [0.05, 0.1) is 19.3 Å². The summed E-state index contributed by atoms with van der Waals surface area (Å²) >= 11 is 3.46. The maximum absolute atomic E-state index is 13.1. The lowest BCUT2D eigenvalue weighted by Gasteiger charge is -2.23. The van der Waals surface area contributed by atoms with Gasteiger partial charge in [0.2, 0.25) is 5.89 Å². The Hall–Kier alpha value is -3.13. The summed E-state index contributed by atoms with van der Waals surface area (Å²) in [5, 5.41) is 2.79. The summed E-state index contributed by atoms with van der Waals surface area (Å²) in [7, 11) is 1.60. The second-order valence-corrected chi connectivity index (χ2v) is 7.65. The number of oxazole rings is 1. The van der Waals surface area contributed by atoms with Crippen molar-refractivity contribution in [2.45, 2.75) is 19.0 Å². The van der Waals surface area contributed by atoms with Crippen molar-refractivity contribution < 1.29 is 18.7 Å².